The minimum absolute atomic E-state index is 0.152. The Balaban J connectivity index is 1.74. The number of aryl methyl sites for hydroxylation is 1. The van der Waals surface area contributed by atoms with Crippen LogP contribution in [0.1, 0.15) is 16.1 Å². The van der Waals surface area contributed by atoms with Gasteiger partial charge in [0.25, 0.3) is 5.91 Å². The molecule has 5 heteroatoms. The molecule has 0 atom stereocenters. The van der Waals surface area contributed by atoms with Gasteiger partial charge in [-0.25, -0.2) is 0 Å². The lowest BCUT2D eigenvalue weighted by Crippen LogP contribution is -2.11. The smallest absolute Gasteiger partial charge is 0.255 e. The van der Waals surface area contributed by atoms with Crippen molar-refractivity contribution in [3.8, 4) is 11.3 Å². The standard InChI is InChI=1S/C16H14N4O/c1-11-10-15(20-19-11)12-2-4-14(5-3-12)18-16(21)13-6-8-17-9-7-13/h2-10H,1H3,(H,18,21)(H,19,20). The molecule has 2 aromatic heterocycles. The first-order chi connectivity index (χ1) is 10.2. The number of carbonyl (C=O) groups is 1. The highest BCUT2D eigenvalue weighted by molar-refractivity contribution is 6.04. The van der Waals surface area contributed by atoms with Crippen molar-refractivity contribution in [1.82, 2.24) is 15.2 Å². The monoisotopic (exact) mass is 278 g/mol. The number of nitrogens with zero attached hydrogens (tertiary/aromatic N) is 2. The van der Waals surface area contributed by atoms with Gasteiger partial charge in [0.2, 0.25) is 0 Å². The summed E-state index contributed by atoms with van der Waals surface area (Å²) in [6.45, 7) is 1.96. The molecule has 21 heavy (non-hydrogen) atoms. The van der Waals surface area contributed by atoms with E-state index in [-0.39, 0.29) is 5.91 Å². The van der Waals surface area contributed by atoms with Crippen molar-refractivity contribution in [1.29, 1.82) is 0 Å². The third kappa shape index (κ3) is 2.97. The second-order valence-electron chi connectivity index (χ2n) is 4.70. The maximum Gasteiger partial charge on any atom is 0.255 e. The molecule has 0 saturated carbocycles. The highest BCUT2D eigenvalue weighted by Gasteiger charge is 2.06. The van der Waals surface area contributed by atoms with Crippen LogP contribution < -0.4 is 5.32 Å². The summed E-state index contributed by atoms with van der Waals surface area (Å²) >= 11 is 0. The molecule has 2 N–H and O–H groups in total. The van der Waals surface area contributed by atoms with Crippen LogP contribution in [0.3, 0.4) is 0 Å². The van der Waals surface area contributed by atoms with Gasteiger partial charge in [0.1, 0.15) is 0 Å². The predicted octanol–water partition coefficient (Wildman–Crippen LogP) is 3.03. The molecular formula is C16H14N4O. The number of aromatic nitrogens is 3. The zero-order chi connectivity index (χ0) is 14.7. The van der Waals surface area contributed by atoms with Gasteiger partial charge in [-0.15, -0.1) is 0 Å². The zero-order valence-corrected chi connectivity index (χ0v) is 11.5. The van der Waals surface area contributed by atoms with Gasteiger partial charge in [0.15, 0.2) is 0 Å². The molecule has 1 aromatic carbocycles. The van der Waals surface area contributed by atoms with Crippen LogP contribution in [0.4, 0.5) is 5.69 Å². The summed E-state index contributed by atoms with van der Waals surface area (Å²) in [5, 5.41) is 9.96. The van der Waals surface area contributed by atoms with Crippen LogP contribution in [0.5, 0.6) is 0 Å². The maximum absolute atomic E-state index is 12.0. The Morgan fingerprint density at radius 2 is 1.81 bits per heavy atom. The Hall–Kier alpha value is -2.95. The van der Waals surface area contributed by atoms with Gasteiger partial charge in [0.05, 0.1) is 5.69 Å². The number of H-pyrrole nitrogens is 1. The number of hydrogen-bond donors (Lipinski definition) is 2. The van der Waals surface area contributed by atoms with Crippen LogP contribution in [0.2, 0.25) is 0 Å². The zero-order valence-electron chi connectivity index (χ0n) is 11.5. The molecule has 0 fully saturated rings. The Kier molecular flexibility index (Phi) is 3.47. The first-order valence-corrected chi connectivity index (χ1v) is 6.56. The number of anilines is 1. The van der Waals surface area contributed by atoms with Crippen LogP contribution in [0, 0.1) is 6.92 Å². The van der Waals surface area contributed by atoms with Gasteiger partial charge in [-0.1, -0.05) is 12.1 Å². The highest BCUT2D eigenvalue weighted by Crippen LogP contribution is 2.20. The summed E-state index contributed by atoms with van der Waals surface area (Å²) in [7, 11) is 0. The summed E-state index contributed by atoms with van der Waals surface area (Å²) in [4.78, 5) is 15.9. The van der Waals surface area contributed by atoms with Gasteiger partial charge >= 0.3 is 0 Å². The number of hydrogen-bond acceptors (Lipinski definition) is 3. The third-order valence-corrected chi connectivity index (χ3v) is 3.09. The van der Waals surface area contributed by atoms with Crippen LogP contribution in [-0.4, -0.2) is 21.1 Å². The van der Waals surface area contributed by atoms with Crippen molar-refractivity contribution >= 4 is 11.6 Å². The minimum atomic E-state index is -0.152. The average Bonchev–Trinajstić information content (AvgIpc) is 2.95. The Morgan fingerprint density at radius 3 is 2.43 bits per heavy atom. The van der Waals surface area contributed by atoms with Crippen molar-refractivity contribution in [3.05, 3.63) is 66.1 Å². The number of carbonyl (C=O) groups excluding carboxylic acids is 1. The van der Waals surface area contributed by atoms with Crippen LogP contribution in [-0.2, 0) is 0 Å². The molecule has 0 aliphatic heterocycles. The molecule has 0 spiro atoms. The second kappa shape index (κ2) is 5.58. The van der Waals surface area contributed by atoms with Crippen molar-refractivity contribution in [2.24, 2.45) is 0 Å². The van der Waals surface area contributed by atoms with Gasteiger partial charge in [-0.3, -0.25) is 14.9 Å². The lowest BCUT2D eigenvalue weighted by Gasteiger charge is -2.05. The normalized spacial score (nSPS) is 10.3. The molecular weight excluding hydrogens is 264 g/mol. The quantitative estimate of drug-likeness (QED) is 0.773. The van der Waals surface area contributed by atoms with Crippen molar-refractivity contribution in [2.45, 2.75) is 6.92 Å². The Bertz CT molecular complexity index is 747. The molecule has 0 radical (unpaired) electrons. The first-order valence-electron chi connectivity index (χ1n) is 6.56. The minimum Gasteiger partial charge on any atom is -0.322 e. The first kappa shape index (κ1) is 13.1. The van der Waals surface area contributed by atoms with Crippen LogP contribution in [0.25, 0.3) is 11.3 Å². The second-order valence-corrected chi connectivity index (χ2v) is 4.70. The fourth-order valence-electron chi connectivity index (χ4n) is 2.00. The number of aromatic amines is 1. The fraction of sp³-hybridized carbons (Fsp3) is 0.0625. The van der Waals surface area contributed by atoms with Gasteiger partial charge < -0.3 is 5.32 Å². The van der Waals surface area contributed by atoms with Crippen molar-refractivity contribution in [2.75, 3.05) is 5.32 Å². The van der Waals surface area contributed by atoms with E-state index in [1.165, 1.54) is 0 Å². The summed E-state index contributed by atoms with van der Waals surface area (Å²) in [6.07, 6.45) is 3.19. The van der Waals surface area contributed by atoms with E-state index in [9.17, 15) is 4.79 Å². The molecule has 104 valence electrons. The maximum atomic E-state index is 12.0. The molecule has 1 amide bonds. The molecule has 0 aliphatic rings. The summed E-state index contributed by atoms with van der Waals surface area (Å²) in [5.41, 5.74) is 4.23. The molecule has 5 nitrogen and oxygen atoms in total. The van der Waals surface area contributed by atoms with Crippen LogP contribution in [0.15, 0.2) is 54.9 Å². The SMILES string of the molecule is Cc1cc(-c2ccc(NC(=O)c3ccncc3)cc2)n[nH]1. The Morgan fingerprint density at radius 1 is 1.10 bits per heavy atom. The number of rotatable bonds is 3. The number of nitrogens with one attached hydrogen (secondary N) is 2. The van der Waals surface area contributed by atoms with E-state index in [1.54, 1.807) is 24.5 Å². The van der Waals surface area contributed by atoms with Gasteiger partial charge in [0, 0.05) is 34.9 Å². The summed E-state index contributed by atoms with van der Waals surface area (Å²) < 4.78 is 0. The average molecular weight is 278 g/mol. The van der Waals surface area contributed by atoms with Gasteiger partial charge in [-0.05, 0) is 37.3 Å². The third-order valence-electron chi connectivity index (χ3n) is 3.09. The molecule has 0 bridgehead atoms. The highest BCUT2D eigenvalue weighted by atomic mass is 16.1. The molecule has 0 saturated heterocycles. The topological polar surface area (TPSA) is 70.7 Å². The molecule has 0 unspecified atom stereocenters. The largest absolute Gasteiger partial charge is 0.322 e. The lowest BCUT2D eigenvalue weighted by molar-refractivity contribution is 0.102. The van der Waals surface area contributed by atoms with E-state index in [1.807, 2.05) is 37.3 Å². The lowest BCUT2D eigenvalue weighted by atomic mass is 10.1. The molecule has 0 aliphatic carbocycles. The number of pyridine rings is 1. The Labute approximate surface area is 122 Å². The van der Waals surface area contributed by atoms with E-state index >= 15 is 0 Å². The number of amides is 1. The fourth-order valence-corrected chi connectivity index (χ4v) is 2.00. The molecule has 2 heterocycles. The van der Waals surface area contributed by atoms with E-state index in [0.29, 0.717) is 5.56 Å². The van der Waals surface area contributed by atoms with Crippen molar-refractivity contribution < 1.29 is 4.79 Å². The van der Waals surface area contributed by atoms with Crippen LogP contribution >= 0.6 is 0 Å². The van der Waals surface area contributed by atoms with Gasteiger partial charge in [-0.2, -0.15) is 5.10 Å². The molecule has 3 aromatic rings. The van der Waals surface area contributed by atoms with E-state index < -0.39 is 0 Å². The van der Waals surface area contributed by atoms with E-state index in [0.717, 1.165) is 22.6 Å². The molecule has 3 rings (SSSR count). The number of benzene rings is 1. The predicted molar refractivity (Wildman–Crippen MR) is 81.0 cm³/mol. The van der Waals surface area contributed by atoms with E-state index in [2.05, 4.69) is 20.5 Å². The summed E-state index contributed by atoms with van der Waals surface area (Å²) in [5.74, 6) is -0.152. The van der Waals surface area contributed by atoms with E-state index in [4.69, 9.17) is 0 Å². The van der Waals surface area contributed by atoms with Crippen molar-refractivity contribution in [3.63, 3.8) is 0 Å². The summed E-state index contributed by atoms with van der Waals surface area (Å²) in [6, 6.07) is 12.9.